The number of carbonyl (C=O) groups is 1. The number of hydrogen-bond acceptors (Lipinski definition) is 6. The first kappa shape index (κ1) is 20.6. The van der Waals surface area contributed by atoms with Gasteiger partial charge in [-0.15, -0.1) is 0 Å². The Morgan fingerprint density at radius 1 is 1.31 bits per heavy atom. The summed E-state index contributed by atoms with van der Waals surface area (Å²) < 4.78 is 17.5. The summed E-state index contributed by atoms with van der Waals surface area (Å²) in [7, 11) is 0.998. The summed E-state index contributed by atoms with van der Waals surface area (Å²) in [6.45, 7) is 9.51. The van der Waals surface area contributed by atoms with Crippen molar-refractivity contribution >= 4 is 30.1 Å². The highest BCUT2D eigenvalue weighted by atomic mass is 32.2. The first-order valence-electron chi connectivity index (χ1n) is 8.37. The van der Waals surface area contributed by atoms with Gasteiger partial charge in [0.2, 0.25) is 0 Å². The van der Waals surface area contributed by atoms with Crippen LogP contribution in [-0.4, -0.2) is 36.3 Å². The number of hydrogen-bond donors (Lipinski definition) is 0. The molecule has 0 N–H and O–H groups in total. The third-order valence-electron chi connectivity index (χ3n) is 4.70. The van der Waals surface area contributed by atoms with Crippen LogP contribution in [0.15, 0.2) is 23.7 Å². The lowest BCUT2D eigenvalue weighted by Crippen LogP contribution is -2.41. The quantitative estimate of drug-likeness (QED) is 0.730. The Morgan fingerprint density at radius 2 is 1.92 bits per heavy atom. The first-order chi connectivity index (χ1) is 12.1. The number of nitriles is 1. The number of ether oxygens (including phenoxy) is 1. The average Bonchev–Trinajstić information content (AvgIpc) is 2.78. The third kappa shape index (κ3) is 4.50. The molecule has 1 aliphatic rings. The lowest BCUT2D eigenvalue weighted by Gasteiger charge is -2.32. The van der Waals surface area contributed by atoms with Gasteiger partial charge in [-0.3, -0.25) is 4.79 Å². The molecule has 0 aromatic heterocycles. The highest BCUT2D eigenvalue weighted by molar-refractivity contribution is 8.13. The largest absolute Gasteiger partial charge is 0.495 e. The molecule has 0 radical (unpaired) electrons. The Labute approximate surface area is 159 Å². The zero-order chi connectivity index (χ0) is 19.5. The van der Waals surface area contributed by atoms with Crippen LogP contribution in [0.2, 0.25) is 0 Å². The van der Waals surface area contributed by atoms with Gasteiger partial charge in [0.15, 0.2) is 5.12 Å². The van der Waals surface area contributed by atoms with E-state index in [-0.39, 0.29) is 5.12 Å². The van der Waals surface area contributed by atoms with E-state index in [0.29, 0.717) is 17.1 Å². The van der Waals surface area contributed by atoms with Crippen LogP contribution in [0, 0.1) is 11.3 Å². The second-order valence-electron chi connectivity index (χ2n) is 7.16. The monoisotopic (exact) mass is 373 g/mol. The van der Waals surface area contributed by atoms with Gasteiger partial charge in [0.1, 0.15) is 11.8 Å². The molecule has 0 amide bonds. The van der Waals surface area contributed by atoms with Crippen molar-refractivity contribution in [3.8, 4) is 11.8 Å². The van der Waals surface area contributed by atoms with Crippen molar-refractivity contribution in [1.82, 2.24) is 0 Å². The maximum Gasteiger partial charge on any atom is 0.491 e. The van der Waals surface area contributed by atoms with E-state index in [4.69, 9.17) is 19.3 Å². The van der Waals surface area contributed by atoms with Crippen LogP contribution in [0.25, 0.3) is 6.08 Å². The maximum absolute atomic E-state index is 11.5. The van der Waals surface area contributed by atoms with E-state index in [0.717, 1.165) is 11.0 Å². The van der Waals surface area contributed by atoms with Crippen LogP contribution in [-0.2, 0) is 14.1 Å². The maximum atomic E-state index is 11.5. The fourth-order valence-electron chi connectivity index (χ4n) is 2.46. The van der Waals surface area contributed by atoms with Gasteiger partial charge in [-0.2, -0.15) is 5.26 Å². The zero-order valence-corrected chi connectivity index (χ0v) is 16.9. The van der Waals surface area contributed by atoms with E-state index in [2.05, 4.69) is 6.07 Å². The van der Waals surface area contributed by atoms with Gasteiger partial charge in [0.05, 0.1) is 23.9 Å². The summed E-state index contributed by atoms with van der Waals surface area (Å²) in [5.41, 5.74) is 1.27. The van der Waals surface area contributed by atoms with Gasteiger partial charge < -0.3 is 14.0 Å². The normalized spacial score (nSPS) is 18.5. The fraction of sp³-hybridized carbons (Fsp3) is 0.474. The topological polar surface area (TPSA) is 68.6 Å². The number of methoxy groups -OCH3 is 1. The Balaban J connectivity index is 2.38. The van der Waals surface area contributed by atoms with Crippen LogP contribution < -0.4 is 4.74 Å². The lowest BCUT2D eigenvalue weighted by molar-refractivity contribution is -0.109. The molecule has 0 bridgehead atoms. The molecule has 1 aromatic rings. The van der Waals surface area contributed by atoms with Gasteiger partial charge in [-0.1, -0.05) is 23.9 Å². The Kier molecular flexibility index (Phi) is 6.23. The van der Waals surface area contributed by atoms with Crippen LogP contribution in [0.4, 0.5) is 0 Å². The minimum absolute atomic E-state index is 0.0322. The minimum atomic E-state index is -0.534. The molecule has 2 rings (SSSR count). The van der Waals surface area contributed by atoms with Gasteiger partial charge >= 0.3 is 7.12 Å². The van der Waals surface area contributed by atoms with Gasteiger partial charge in [0, 0.05) is 12.7 Å². The highest BCUT2D eigenvalue weighted by Gasteiger charge is 2.52. The SMILES string of the molecule is COc1cc(C=C(CSC(C)=O)B2OC(C)(C)C(C)(C)O2)ccc1C#N. The van der Waals surface area contributed by atoms with Crippen molar-refractivity contribution in [2.75, 3.05) is 12.9 Å². The van der Waals surface area contributed by atoms with Crippen LogP contribution in [0.1, 0.15) is 45.7 Å². The second kappa shape index (κ2) is 7.87. The van der Waals surface area contributed by atoms with Crippen LogP contribution in [0.3, 0.4) is 0 Å². The molecule has 0 atom stereocenters. The van der Waals surface area contributed by atoms with Crippen LogP contribution in [0.5, 0.6) is 5.75 Å². The van der Waals surface area contributed by atoms with Crippen molar-refractivity contribution in [1.29, 1.82) is 5.26 Å². The molecule has 0 spiro atoms. The van der Waals surface area contributed by atoms with Crippen molar-refractivity contribution in [3.63, 3.8) is 0 Å². The summed E-state index contributed by atoms with van der Waals surface area (Å²) in [5.74, 6) is 0.975. The van der Waals surface area contributed by atoms with Gasteiger partial charge in [-0.25, -0.2) is 0 Å². The van der Waals surface area contributed by atoms with E-state index in [9.17, 15) is 4.79 Å². The van der Waals surface area contributed by atoms with E-state index in [1.165, 1.54) is 25.8 Å². The smallest absolute Gasteiger partial charge is 0.491 e. The lowest BCUT2D eigenvalue weighted by atomic mass is 9.78. The molecule has 1 saturated heterocycles. The first-order valence-corrected chi connectivity index (χ1v) is 9.36. The average molecular weight is 373 g/mol. The molecule has 0 unspecified atom stereocenters. The summed E-state index contributed by atoms with van der Waals surface area (Å²) in [4.78, 5) is 11.5. The molecule has 0 aliphatic carbocycles. The van der Waals surface area contributed by atoms with Crippen molar-refractivity contribution in [2.24, 2.45) is 0 Å². The van der Waals surface area contributed by atoms with Crippen molar-refractivity contribution in [3.05, 3.63) is 34.8 Å². The molecular formula is C19H24BNO4S. The Morgan fingerprint density at radius 3 is 2.42 bits per heavy atom. The van der Waals surface area contributed by atoms with Crippen molar-refractivity contribution < 1.29 is 18.8 Å². The third-order valence-corrected chi connectivity index (χ3v) is 5.58. The molecule has 0 saturated carbocycles. The summed E-state index contributed by atoms with van der Waals surface area (Å²) in [5, 5.41) is 9.16. The molecule has 1 aliphatic heterocycles. The van der Waals surface area contributed by atoms with E-state index >= 15 is 0 Å². The molecule has 1 fully saturated rings. The summed E-state index contributed by atoms with van der Waals surface area (Å²) in [6.07, 6.45) is 1.93. The van der Waals surface area contributed by atoms with E-state index in [1.807, 2.05) is 39.8 Å². The Hall–Kier alpha value is -1.75. The second-order valence-corrected chi connectivity index (χ2v) is 8.31. The molecule has 26 heavy (non-hydrogen) atoms. The van der Waals surface area contributed by atoms with Crippen LogP contribution >= 0.6 is 11.8 Å². The number of benzene rings is 1. The molecular weight excluding hydrogens is 349 g/mol. The Bertz CT molecular complexity index is 751. The zero-order valence-electron chi connectivity index (χ0n) is 16.1. The minimum Gasteiger partial charge on any atom is -0.495 e. The van der Waals surface area contributed by atoms with E-state index in [1.54, 1.807) is 12.1 Å². The fourth-order valence-corrected chi connectivity index (χ4v) is 3.05. The number of nitrogens with zero attached hydrogens (tertiary/aromatic N) is 1. The van der Waals surface area contributed by atoms with E-state index < -0.39 is 18.3 Å². The predicted molar refractivity (Wildman–Crippen MR) is 105 cm³/mol. The molecule has 1 aromatic carbocycles. The standard InChI is InChI=1S/C19H24BNO4S/c1-13(22)26-12-16(20-24-18(2,3)19(4,5)25-20)9-14-7-8-15(11-21)17(10-14)23-6/h7-10H,12H2,1-6H3. The number of rotatable bonds is 5. The highest BCUT2D eigenvalue weighted by Crippen LogP contribution is 2.39. The van der Waals surface area contributed by atoms with Crippen molar-refractivity contribution in [2.45, 2.75) is 45.8 Å². The predicted octanol–water partition coefficient (Wildman–Crippen LogP) is 3.86. The summed E-state index contributed by atoms with van der Waals surface area (Å²) in [6, 6.07) is 7.44. The van der Waals surface area contributed by atoms with Gasteiger partial charge in [-0.05, 0) is 50.9 Å². The number of carbonyl (C=O) groups excluding carboxylic acids is 1. The molecule has 7 heteroatoms. The van der Waals surface area contributed by atoms with Gasteiger partial charge in [0.25, 0.3) is 0 Å². The molecule has 1 heterocycles. The number of thioether (sulfide) groups is 1. The molecule has 5 nitrogen and oxygen atoms in total. The summed E-state index contributed by atoms with van der Waals surface area (Å²) >= 11 is 1.21. The molecule has 138 valence electrons.